The maximum absolute atomic E-state index is 12.2. The molecule has 1 atom stereocenters. The molecule has 0 spiro atoms. The number of nitrogens with one attached hydrogen (secondary N) is 2. The number of nitriles is 1. The predicted octanol–water partition coefficient (Wildman–Crippen LogP) is 5.52. The van der Waals surface area contributed by atoms with Crippen molar-refractivity contribution in [2.45, 2.75) is 26.3 Å². The van der Waals surface area contributed by atoms with Gasteiger partial charge in [0, 0.05) is 6.20 Å². The number of hydrogen-bond acceptors (Lipinski definition) is 6. The van der Waals surface area contributed by atoms with Crippen LogP contribution in [0.4, 0.5) is 11.5 Å². The Balaban J connectivity index is 1.85. The van der Waals surface area contributed by atoms with Gasteiger partial charge in [-0.15, -0.1) is 0 Å². The number of aromatic nitrogens is 1. The first-order valence-electron chi connectivity index (χ1n) is 10.2. The molecular formula is C25H23ClN4O3. The SMILES string of the molecule is COC(=O)c1c(Cl)cccc1-c1ccc(C(C)Nc2nccc(C)c2NC(=O)CC#N)cc1. The average molecular weight is 463 g/mol. The van der Waals surface area contributed by atoms with Crippen molar-refractivity contribution in [2.75, 3.05) is 17.7 Å². The van der Waals surface area contributed by atoms with Crippen LogP contribution in [0, 0.1) is 18.3 Å². The number of carbonyl (C=O) groups is 2. The van der Waals surface area contributed by atoms with Gasteiger partial charge in [-0.1, -0.05) is 48.0 Å². The van der Waals surface area contributed by atoms with E-state index in [2.05, 4.69) is 15.6 Å². The fraction of sp³-hybridized carbons (Fsp3) is 0.200. The molecule has 7 nitrogen and oxygen atoms in total. The summed E-state index contributed by atoms with van der Waals surface area (Å²) in [5.41, 5.74) is 4.18. The molecule has 1 amide bonds. The van der Waals surface area contributed by atoms with Gasteiger partial charge in [-0.25, -0.2) is 9.78 Å². The van der Waals surface area contributed by atoms with Crippen LogP contribution in [-0.4, -0.2) is 24.0 Å². The summed E-state index contributed by atoms with van der Waals surface area (Å²) in [6.45, 7) is 3.83. The highest BCUT2D eigenvalue weighted by molar-refractivity contribution is 6.34. The molecule has 0 bridgehead atoms. The second-order valence-electron chi connectivity index (χ2n) is 7.38. The van der Waals surface area contributed by atoms with Crippen molar-refractivity contribution < 1.29 is 14.3 Å². The van der Waals surface area contributed by atoms with Gasteiger partial charge in [0.15, 0.2) is 5.82 Å². The third kappa shape index (κ3) is 5.48. The number of esters is 1. The lowest BCUT2D eigenvalue weighted by Crippen LogP contribution is -2.16. The number of amides is 1. The maximum atomic E-state index is 12.2. The zero-order valence-electron chi connectivity index (χ0n) is 18.5. The summed E-state index contributed by atoms with van der Waals surface area (Å²) in [5, 5.41) is 15.2. The van der Waals surface area contributed by atoms with Gasteiger partial charge in [0.25, 0.3) is 0 Å². The molecule has 1 unspecified atom stereocenters. The molecule has 1 heterocycles. The van der Waals surface area contributed by atoms with Gasteiger partial charge in [0.2, 0.25) is 5.91 Å². The van der Waals surface area contributed by atoms with Crippen molar-refractivity contribution in [3.8, 4) is 17.2 Å². The number of benzene rings is 2. The monoisotopic (exact) mass is 462 g/mol. The summed E-state index contributed by atoms with van der Waals surface area (Å²) in [5.74, 6) is -0.372. The van der Waals surface area contributed by atoms with E-state index in [9.17, 15) is 9.59 Å². The zero-order chi connectivity index (χ0) is 24.0. The van der Waals surface area contributed by atoms with Gasteiger partial charge in [-0.2, -0.15) is 5.26 Å². The first-order valence-corrected chi connectivity index (χ1v) is 10.6. The van der Waals surface area contributed by atoms with Crippen molar-refractivity contribution in [3.63, 3.8) is 0 Å². The van der Waals surface area contributed by atoms with Crippen molar-refractivity contribution in [1.82, 2.24) is 4.98 Å². The molecule has 0 saturated carbocycles. The molecule has 0 aliphatic heterocycles. The average Bonchev–Trinajstić information content (AvgIpc) is 2.81. The van der Waals surface area contributed by atoms with Crippen LogP contribution in [0.25, 0.3) is 11.1 Å². The Morgan fingerprint density at radius 2 is 1.91 bits per heavy atom. The lowest BCUT2D eigenvalue weighted by Gasteiger charge is -2.19. The standard InChI is InChI=1S/C25H23ClN4O3/c1-15-12-14-28-24(23(15)30-21(31)11-13-27)29-16(2)17-7-9-18(10-8-17)19-5-4-6-20(26)22(19)25(32)33-3/h4-10,12,14,16H,11H2,1-3H3,(H,28,29)(H,30,31). The number of ether oxygens (including phenoxy) is 1. The Bertz CT molecular complexity index is 1220. The maximum Gasteiger partial charge on any atom is 0.340 e. The van der Waals surface area contributed by atoms with E-state index in [-0.39, 0.29) is 12.5 Å². The molecule has 3 rings (SSSR count). The van der Waals surface area contributed by atoms with Crippen LogP contribution in [0.5, 0.6) is 0 Å². The Kier molecular flexibility index (Phi) is 7.65. The highest BCUT2D eigenvalue weighted by Gasteiger charge is 2.18. The second kappa shape index (κ2) is 10.6. The van der Waals surface area contributed by atoms with Gasteiger partial charge in [-0.05, 0) is 48.2 Å². The van der Waals surface area contributed by atoms with E-state index < -0.39 is 11.9 Å². The van der Waals surface area contributed by atoms with Crippen LogP contribution in [-0.2, 0) is 9.53 Å². The number of aryl methyl sites for hydroxylation is 1. The molecule has 0 aliphatic rings. The number of halogens is 1. The molecule has 168 valence electrons. The van der Waals surface area contributed by atoms with Crippen LogP contribution in [0.3, 0.4) is 0 Å². The zero-order valence-corrected chi connectivity index (χ0v) is 19.2. The Labute approximate surface area is 197 Å². The van der Waals surface area contributed by atoms with Crippen molar-refractivity contribution in [2.24, 2.45) is 0 Å². The van der Waals surface area contributed by atoms with E-state index in [1.807, 2.05) is 50.2 Å². The Morgan fingerprint density at radius 1 is 1.18 bits per heavy atom. The summed E-state index contributed by atoms with van der Waals surface area (Å²) in [6.07, 6.45) is 1.42. The normalized spacial score (nSPS) is 11.2. The number of rotatable bonds is 7. The smallest absolute Gasteiger partial charge is 0.340 e. The van der Waals surface area contributed by atoms with E-state index in [0.29, 0.717) is 27.7 Å². The quantitative estimate of drug-likeness (QED) is 0.448. The van der Waals surface area contributed by atoms with E-state index in [1.54, 1.807) is 24.4 Å². The topological polar surface area (TPSA) is 104 Å². The number of nitrogens with zero attached hydrogens (tertiary/aromatic N) is 2. The van der Waals surface area contributed by atoms with E-state index >= 15 is 0 Å². The lowest BCUT2D eigenvalue weighted by molar-refractivity contribution is -0.115. The second-order valence-corrected chi connectivity index (χ2v) is 7.78. The molecule has 33 heavy (non-hydrogen) atoms. The highest BCUT2D eigenvalue weighted by atomic mass is 35.5. The summed E-state index contributed by atoms with van der Waals surface area (Å²) < 4.78 is 4.88. The lowest BCUT2D eigenvalue weighted by atomic mass is 9.97. The molecule has 8 heteroatoms. The molecule has 0 aliphatic carbocycles. The van der Waals surface area contributed by atoms with Gasteiger partial charge in [0.1, 0.15) is 6.42 Å². The first-order chi connectivity index (χ1) is 15.8. The van der Waals surface area contributed by atoms with Crippen molar-refractivity contribution in [1.29, 1.82) is 5.26 Å². The van der Waals surface area contributed by atoms with Crippen LogP contribution < -0.4 is 10.6 Å². The predicted molar refractivity (Wildman–Crippen MR) is 128 cm³/mol. The minimum atomic E-state index is -0.494. The highest BCUT2D eigenvalue weighted by Crippen LogP contribution is 2.32. The number of hydrogen-bond donors (Lipinski definition) is 2. The molecular weight excluding hydrogens is 440 g/mol. The summed E-state index contributed by atoms with van der Waals surface area (Å²) in [7, 11) is 1.32. The summed E-state index contributed by atoms with van der Waals surface area (Å²) in [6, 6.07) is 16.4. The molecule has 2 aromatic carbocycles. The molecule has 1 aromatic heterocycles. The minimum absolute atomic E-state index is 0.139. The van der Waals surface area contributed by atoms with Gasteiger partial charge in [0.05, 0.1) is 35.5 Å². The minimum Gasteiger partial charge on any atom is -0.465 e. The van der Waals surface area contributed by atoms with Gasteiger partial charge < -0.3 is 15.4 Å². The number of methoxy groups -OCH3 is 1. The summed E-state index contributed by atoms with van der Waals surface area (Å²) in [4.78, 5) is 28.5. The Hall–Kier alpha value is -3.89. The fourth-order valence-electron chi connectivity index (χ4n) is 3.39. The first kappa shape index (κ1) is 23.8. The van der Waals surface area contributed by atoms with Crippen molar-refractivity contribution >= 4 is 35.0 Å². The molecule has 0 saturated heterocycles. The number of pyridine rings is 1. The van der Waals surface area contributed by atoms with Gasteiger partial charge >= 0.3 is 5.97 Å². The van der Waals surface area contributed by atoms with Gasteiger partial charge in [-0.3, -0.25) is 4.79 Å². The molecule has 0 fully saturated rings. The van der Waals surface area contributed by atoms with E-state index in [1.165, 1.54) is 7.11 Å². The number of carbonyl (C=O) groups excluding carboxylic acids is 2. The van der Waals surface area contributed by atoms with Crippen LogP contribution in [0.15, 0.2) is 54.7 Å². The molecule has 2 N–H and O–H groups in total. The van der Waals surface area contributed by atoms with Crippen molar-refractivity contribution in [3.05, 3.63) is 76.4 Å². The van der Waals surface area contributed by atoms with Crippen LogP contribution in [0.1, 0.15) is 40.9 Å². The number of anilines is 2. The van der Waals surface area contributed by atoms with E-state index in [4.69, 9.17) is 21.6 Å². The largest absolute Gasteiger partial charge is 0.465 e. The third-order valence-corrected chi connectivity index (χ3v) is 5.46. The van der Waals surface area contributed by atoms with Crippen LogP contribution >= 0.6 is 11.6 Å². The van der Waals surface area contributed by atoms with E-state index in [0.717, 1.165) is 16.7 Å². The van der Waals surface area contributed by atoms with Crippen LogP contribution in [0.2, 0.25) is 5.02 Å². The fourth-order valence-corrected chi connectivity index (χ4v) is 3.65. The third-order valence-electron chi connectivity index (χ3n) is 5.14. The molecule has 0 radical (unpaired) electrons. The summed E-state index contributed by atoms with van der Waals surface area (Å²) >= 11 is 6.24. The molecule has 3 aromatic rings. The Morgan fingerprint density at radius 3 is 2.58 bits per heavy atom.